The van der Waals surface area contributed by atoms with E-state index in [1.54, 1.807) is 14.0 Å². The van der Waals surface area contributed by atoms with Gasteiger partial charge < -0.3 is 9.84 Å². The molecule has 0 saturated heterocycles. The molecule has 0 aliphatic carbocycles. The molecule has 1 unspecified atom stereocenters. The summed E-state index contributed by atoms with van der Waals surface area (Å²) >= 11 is 0. The molecule has 0 aliphatic heterocycles. The van der Waals surface area contributed by atoms with Crippen LogP contribution in [0.5, 0.6) is 0 Å². The third-order valence-corrected chi connectivity index (χ3v) is 4.00. The Morgan fingerprint density at radius 1 is 0.944 bits per heavy atom. The molecule has 96 valence electrons. The van der Waals surface area contributed by atoms with Gasteiger partial charge in [-0.15, -0.1) is 0 Å². The van der Waals surface area contributed by atoms with Gasteiger partial charge in [-0.1, -0.05) is 42.5 Å². The molecule has 2 rings (SSSR count). The molecule has 1 atom stereocenters. The van der Waals surface area contributed by atoms with E-state index in [-0.39, 0.29) is 0 Å². The van der Waals surface area contributed by atoms with Gasteiger partial charge in [0.2, 0.25) is 0 Å². The summed E-state index contributed by atoms with van der Waals surface area (Å²) in [6, 6.07) is 14.1. The molecule has 0 spiro atoms. The number of hydrogen-bond acceptors (Lipinski definition) is 2. The van der Waals surface area contributed by atoms with Crippen LogP contribution in [-0.2, 0) is 10.3 Å². The predicted octanol–water partition coefficient (Wildman–Crippen LogP) is 3.47. The summed E-state index contributed by atoms with van der Waals surface area (Å²) in [6.45, 7) is 5.60. The molecular weight excluding hydrogens is 224 g/mol. The molecule has 0 aliphatic rings. The third-order valence-electron chi connectivity index (χ3n) is 4.00. The van der Waals surface area contributed by atoms with Crippen molar-refractivity contribution < 1.29 is 9.84 Å². The molecular formula is C16H20O2. The van der Waals surface area contributed by atoms with Gasteiger partial charge in [0.1, 0.15) is 5.60 Å². The highest BCUT2D eigenvalue weighted by molar-refractivity contribution is 5.86. The maximum atomic E-state index is 10.9. The Kier molecular flexibility index (Phi) is 3.18. The molecule has 0 fully saturated rings. The minimum Gasteiger partial charge on any atom is -0.382 e. The molecule has 2 aromatic rings. The van der Waals surface area contributed by atoms with Crippen LogP contribution in [-0.4, -0.2) is 17.8 Å². The highest BCUT2D eigenvalue weighted by atomic mass is 16.5. The van der Waals surface area contributed by atoms with Crippen LogP contribution in [0.4, 0.5) is 0 Å². The Labute approximate surface area is 108 Å². The first kappa shape index (κ1) is 13.1. The quantitative estimate of drug-likeness (QED) is 0.895. The van der Waals surface area contributed by atoms with Gasteiger partial charge >= 0.3 is 0 Å². The summed E-state index contributed by atoms with van der Waals surface area (Å²) in [5.41, 5.74) is -0.813. The molecule has 0 saturated carbocycles. The van der Waals surface area contributed by atoms with Crippen molar-refractivity contribution in [3.63, 3.8) is 0 Å². The van der Waals surface area contributed by atoms with Crippen molar-refractivity contribution >= 4 is 10.8 Å². The first-order valence-electron chi connectivity index (χ1n) is 6.16. The zero-order valence-electron chi connectivity index (χ0n) is 11.4. The van der Waals surface area contributed by atoms with E-state index < -0.39 is 11.2 Å². The van der Waals surface area contributed by atoms with Crippen molar-refractivity contribution in [1.29, 1.82) is 0 Å². The minimum atomic E-state index is -1.05. The fourth-order valence-electron chi connectivity index (χ4n) is 2.17. The zero-order valence-corrected chi connectivity index (χ0v) is 11.4. The van der Waals surface area contributed by atoms with Crippen LogP contribution in [0.1, 0.15) is 26.3 Å². The number of benzene rings is 2. The average Bonchev–Trinajstić information content (AvgIpc) is 2.37. The van der Waals surface area contributed by atoms with Gasteiger partial charge in [0.05, 0.1) is 5.60 Å². The van der Waals surface area contributed by atoms with Crippen LogP contribution in [0.25, 0.3) is 10.8 Å². The van der Waals surface area contributed by atoms with Gasteiger partial charge in [0.25, 0.3) is 0 Å². The molecule has 2 heteroatoms. The second-order valence-corrected chi connectivity index (χ2v) is 5.31. The molecule has 0 radical (unpaired) electrons. The summed E-state index contributed by atoms with van der Waals surface area (Å²) in [7, 11) is 1.62. The van der Waals surface area contributed by atoms with E-state index in [9.17, 15) is 5.11 Å². The van der Waals surface area contributed by atoms with Gasteiger partial charge in [-0.05, 0) is 37.1 Å². The largest absolute Gasteiger partial charge is 0.382 e. The fourth-order valence-corrected chi connectivity index (χ4v) is 2.17. The van der Waals surface area contributed by atoms with E-state index in [2.05, 4.69) is 12.1 Å². The monoisotopic (exact) mass is 244 g/mol. The van der Waals surface area contributed by atoms with Gasteiger partial charge in [0, 0.05) is 7.11 Å². The van der Waals surface area contributed by atoms with Gasteiger partial charge in [-0.3, -0.25) is 0 Å². The second kappa shape index (κ2) is 4.38. The minimum absolute atomic E-state index is 0.656. The number of hydrogen-bond donors (Lipinski definition) is 1. The molecule has 0 amide bonds. The lowest BCUT2D eigenvalue weighted by atomic mass is 9.79. The van der Waals surface area contributed by atoms with Crippen LogP contribution >= 0.6 is 0 Å². The van der Waals surface area contributed by atoms with Crippen molar-refractivity contribution in [2.45, 2.75) is 32.0 Å². The average molecular weight is 244 g/mol. The number of methoxy groups -OCH3 is 1. The van der Waals surface area contributed by atoms with Crippen LogP contribution < -0.4 is 0 Å². The SMILES string of the molecule is COC(C)(C)C(C)(O)c1cccc2ccccc12. The third kappa shape index (κ3) is 1.92. The lowest BCUT2D eigenvalue weighted by Crippen LogP contribution is -2.46. The maximum Gasteiger partial charge on any atom is 0.116 e. The van der Waals surface area contributed by atoms with Crippen LogP contribution in [0, 0.1) is 0 Å². The first-order valence-corrected chi connectivity index (χ1v) is 6.16. The molecule has 2 nitrogen and oxygen atoms in total. The number of aliphatic hydroxyl groups is 1. The Bertz CT molecular complexity index is 551. The van der Waals surface area contributed by atoms with E-state index in [0.717, 1.165) is 16.3 Å². The van der Waals surface area contributed by atoms with Crippen LogP contribution in [0.3, 0.4) is 0 Å². The molecule has 1 N–H and O–H groups in total. The first-order chi connectivity index (χ1) is 8.40. The van der Waals surface area contributed by atoms with E-state index >= 15 is 0 Å². The van der Waals surface area contributed by atoms with E-state index in [4.69, 9.17) is 4.74 Å². The number of ether oxygens (including phenoxy) is 1. The number of rotatable bonds is 3. The maximum absolute atomic E-state index is 10.9. The smallest absolute Gasteiger partial charge is 0.116 e. The van der Waals surface area contributed by atoms with Crippen LogP contribution in [0.15, 0.2) is 42.5 Å². The van der Waals surface area contributed by atoms with Crippen molar-refractivity contribution in [3.8, 4) is 0 Å². The Morgan fingerprint density at radius 2 is 1.56 bits per heavy atom. The fraction of sp³-hybridized carbons (Fsp3) is 0.375. The van der Waals surface area contributed by atoms with Crippen molar-refractivity contribution in [2.24, 2.45) is 0 Å². The van der Waals surface area contributed by atoms with E-state index in [0.29, 0.717) is 0 Å². The van der Waals surface area contributed by atoms with Gasteiger partial charge in [-0.25, -0.2) is 0 Å². The zero-order chi connectivity index (χ0) is 13.4. The lowest BCUT2D eigenvalue weighted by molar-refractivity contribution is -0.144. The summed E-state index contributed by atoms with van der Waals surface area (Å²) < 4.78 is 5.46. The topological polar surface area (TPSA) is 29.5 Å². The standard InChI is InChI=1S/C16H20O2/c1-15(2,18-4)16(3,17)14-11-7-9-12-8-5-6-10-13(12)14/h5-11,17H,1-4H3. The summed E-state index contributed by atoms with van der Waals surface area (Å²) in [5, 5.41) is 13.1. The molecule has 18 heavy (non-hydrogen) atoms. The molecule has 0 aromatic heterocycles. The molecule has 2 aromatic carbocycles. The highest BCUT2D eigenvalue weighted by Crippen LogP contribution is 2.38. The van der Waals surface area contributed by atoms with Gasteiger partial charge in [0.15, 0.2) is 0 Å². The summed E-state index contributed by atoms with van der Waals surface area (Å²) in [4.78, 5) is 0. The number of fused-ring (bicyclic) bond motifs is 1. The van der Waals surface area contributed by atoms with Crippen LogP contribution in [0.2, 0.25) is 0 Å². The van der Waals surface area contributed by atoms with Crippen molar-refractivity contribution in [1.82, 2.24) is 0 Å². The van der Waals surface area contributed by atoms with E-state index in [1.165, 1.54) is 0 Å². The molecule has 0 bridgehead atoms. The second-order valence-electron chi connectivity index (χ2n) is 5.31. The predicted molar refractivity (Wildman–Crippen MR) is 74.6 cm³/mol. The van der Waals surface area contributed by atoms with Gasteiger partial charge in [-0.2, -0.15) is 0 Å². The summed E-state index contributed by atoms with van der Waals surface area (Å²) in [5.74, 6) is 0. The Morgan fingerprint density at radius 3 is 2.22 bits per heavy atom. The highest BCUT2D eigenvalue weighted by Gasteiger charge is 2.41. The Balaban J connectivity index is 2.68. The van der Waals surface area contributed by atoms with E-state index in [1.807, 2.05) is 44.2 Å². The van der Waals surface area contributed by atoms with Crippen molar-refractivity contribution in [3.05, 3.63) is 48.0 Å². The summed E-state index contributed by atoms with van der Waals surface area (Å²) in [6.07, 6.45) is 0. The lowest BCUT2D eigenvalue weighted by Gasteiger charge is -2.39. The normalized spacial score (nSPS) is 15.6. The van der Waals surface area contributed by atoms with Crippen molar-refractivity contribution in [2.75, 3.05) is 7.11 Å². The Hall–Kier alpha value is -1.38. The molecule has 0 heterocycles.